The molecule has 1 unspecified atom stereocenters. The molecular weight excluding hydrogens is 496 g/mol. The van der Waals surface area contributed by atoms with Crippen molar-refractivity contribution >= 4 is 46.9 Å². The molecule has 7 amide bonds. The predicted molar refractivity (Wildman–Crippen MR) is 130 cm³/mol. The minimum atomic E-state index is -1.12. The second-order valence-corrected chi connectivity index (χ2v) is 8.59. The zero-order valence-corrected chi connectivity index (χ0v) is 19.6. The summed E-state index contributed by atoms with van der Waals surface area (Å²) in [5, 5.41) is 15.2. The van der Waals surface area contributed by atoms with E-state index in [1.165, 1.54) is 29.1 Å². The van der Waals surface area contributed by atoms with E-state index in [1.54, 1.807) is 24.3 Å². The number of hydrogen-bond acceptors (Lipinski definition) is 8. The van der Waals surface area contributed by atoms with Crippen LogP contribution in [0.15, 0.2) is 48.7 Å². The van der Waals surface area contributed by atoms with Crippen LogP contribution in [-0.4, -0.2) is 61.5 Å². The highest BCUT2D eigenvalue weighted by Gasteiger charge is 2.45. The molecule has 192 valence electrons. The molecule has 5 rings (SSSR count). The molecule has 1 saturated heterocycles. The standard InChI is InChI=1S/C24H20N8O6/c25-24(38)26-13-4-1-3-12(9-13)16-10-31(30-29-16)11-19(34)27-15-6-2-5-14-20(15)23(37)32(22(14)36)17-7-8-18(33)28-21(17)35/h1-6,9-10,17H,7-8,11H2,(H,27,34)(H3,25,26,38)(H,28,33,35). The molecule has 2 aliphatic rings. The number of benzene rings is 2. The van der Waals surface area contributed by atoms with Crippen LogP contribution in [0.25, 0.3) is 11.3 Å². The predicted octanol–water partition coefficient (Wildman–Crippen LogP) is 0.476. The lowest BCUT2D eigenvalue weighted by Gasteiger charge is -2.27. The second kappa shape index (κ2) is 9.57. The first-order valence-electron chi connectivity index (χ1n) is 11.4. The van der Waals surface area contributed by atoms with E-state index >= 15 is 0 Å². The van der Waals surface area contributed by atoms with E-state index in [9.17, 15) is 28.8 Å². The fourth-order valence-electron chi connectivity index (χ4n) is 4.36. The van der Waals surface area contributed by atoms with Gasteiger partial charge in [0.25, 0.3) is 11.8 Å². The average molecular weight is 516 g/mol. The summed E-state index contributed by atoms with van der Waals surface area (Å²) >= 11 is 0. The molecule has 1 atom stereocenters. The Bertz CT molecular complexity index is 1530. The van der Waals surface area contributed by atoms with E-state index in [-0.39, 0.29) is 36.2 Å². The lowest BCUT2D eigenvalue weighted by atomic mass is 10.0. The van der Waals surface area contributed by atoms with E-state index in [0.29, 0.717) is 16.9 Å². The maximum atomic E-state index is 13.2. The van der Waals surface area contributed by atoms with Gasteiger partial charge in [-0.05, 0) is 30.7 Å². The summed E-state index contributed by atoms with van der Waals surface area (Å²) in [6, 6.07) is 9.31. The minimum absolute atomic E-state index is 0.000746. The van der Waals surface area contributed by atoms with Crippen molar-refractivity contribution in [2.75, 3.05) is 10.6 Å². The summed E-state index contributed by atoms with van der Waals surface area (Å²) in [5.41, 5.74) is 6.79. The molecule has 2 aliphatic heterocycles. The first-order chi connectivity index (χ1) is 18.2. The van der Waals surface area contributed by atoms with Crippen LogP contribution < -0.4 is 21.7 Å². The molecule has 0 spiro atoms. The Kier molecular flexibility index (Phi) is 6.12. The number of imide groups is 2. The van der Waals surface area contributed by atoms with E-state index in [0.717, 1.165) is 4.90 Å². The molecule has 0 radical (unpaired) electrons. The van der Waals surface area contributed by atoms with Gasteiger partial charge in [-0.2, -0.15) is 0 Å². The van der Waals surface area contributed by atoms with Crippen LogP contribution in [0.3, 0.4) is 0 Å². The van der Waals surface area contributed by atoms with Crippen molar-refractivity contribution in [2.45, 2.75) is 25.4 Å². The Morgan fingerprint density at radius 1 is 1.05 bits per heavy atom. The molecule has 3 heterocycles. The number of urea groups is 1. The maximum absolute atomic E-state index is 13.2. The molecule has 0 saturated carbocycles. The Labute approximate surface area is 214 Å². The number of carbonyl (C=O) groups excluding carboxylic acids is 6. The normalized spacial score (nSPS) is 16.7. The summed E-state index contributed by atoms with van der Waals surface area (Å²) < 4.78 is 1.28. The van der Waals surface area contributed by atoms with Crippen LogP contribution in [0, 0.1) is 0 Å². The zero-order chi connectivity index (χ0) is 27.0. The van der Waals surface area contributed by atoms with Crippen molar-refractivity contribution in [3.8, 4) is 11.3 Å². The molecule has 5 N–H and O–H groups in total. The quantitative estimate of drug-likeness (QED) is 0.339. The number of nitrogens with two attached hydrogens (primary N) is 1. The van der Waals surface area contributed by atoms with Gasteiger partial charge in [-0.25, -0.2) is 9.48 Å². The monoisotopic (exact) mass is 516 g/mol. The first-order valence-corrected chi connectivity index (χ1v) is 11.4. The molecule has 14 heteroatoms. The van der Waals surface area contributed by atoms with Crippen molar-refractivity contribution < 1.29 is 28.8 Å². The third kappa shape index (κ3) is 4.57. The summed E-state index contributed by atoms with van der Waals surface area (Å²) in [6.45, 7) is -0.255. The molecule has 1 aromatic heterocycles. The number of hydrogen-bond donors (Lipinski definition) is 4. The van der Waals surface area contributed by atoms with Gasteiger partial charge in [0, 0.05) is 17.7 Å². The topological polar surface area (TPSA) is 198 Å². The van der Waals surface area contributed by atoms with Gasteiger partial charge in [0.15, 0.2) is 0 Å². The van der Waals surface area contributed by atoms with Gasteiger partial charge in [0.2, 0.25) is 17.7 Å². The number of nitrogens with one attached hydrogen (secondary N) is 3. The number of amides is 7. The van der Waals surface area contributed by atoms with Crippen molar-refractivity contribution in [1.29, 1.82) is 0 Å². The summed E-state index contributed by atoms with van der Waals surface area (Å²) in [4.78, 5) is 74.6. The third-order valence-electron chi connectivity index (χ3n) is 6.01. The number of aromatic nitrogens is 3. The molecule has 14 nitrogen and oxygen atoms in total. The van der Waals surface area contributed by atoms with Gasteiger partial charge in [-0.15, -0.1) is 5.10 Å². The van der Waals surface area contributed by atoms with Crippen LogP contribution in [0.1, 0.15) is 33.6 Å². The van der Waals surface area contributed by atoms with E-state index in [4.69, 9.17) is 5.73 Å². The highest BCUT2D eigenvalue weighted by atomic mass is 16.2. The van der Waals surface area contributed by atoms with Crippen LogP contribution in [0.4, 0.5) is 16.2 Å². The molecule has 38 heavy (non-hydrogen) atoms. The summed E-state index contributed by atoms with van der Waals surface area (Å²) in [7, 11) is 0. The Balaban J connectivity index is 1.31. The number of rotatable bonds is 6. The maximum Gasteiger partial charge on any atom is 0.316 e. The SMILES string of the molecule is NC(=O)Nc1cccc(-c2cn(CC(=O)Nc3cccc4c3C(=O)N(C3CCC(=O)NC3=O)C4=O)nn2)c1. The third-order valence-corrected chi connectivity index (χ3v) is 6.01. The highest BCUT2D eigenvalue weighted by Crippen LogP contribution is 2.32. The van der Waals surface area contributed by atoms with Gasteiger partial charge in [-0.1, -0.05) is 23.4 Å². The fraction of sp³-hybridized carbons (Fsp3) is 0.167. The Morgan fingerprint density at radius 3 is 2.61 bits per heavy atom. The summed E-state index contributed by atoms with van der Waals surface area (Å²) in [5.74, 6) is -3.15. The Hall–Kier alpha value is -5.40. The molecular formula is C24H20N8O6. The smallest absolute Gasteiger partial charge is 0.316 e. The lowest BCUT2D eigenvalue weighted by Crippen LogP contribution is -2.54. The first kappa shape index (κ1) is 24.3. The van der Waals surface area contributed by atoms with Gasteiger partial charge in [0.1, 0.15) is 18.3 Å². The number of anilines is 2. The molecule has 1 fully saturated rings. The Morgan fingerprint density at radius 2 is 1.84 bits per heavy atom. The van der Waals surface area contributed by atoms with Crippen molar-refractivity contribution in [1.82, 2.24) is 25.2 Å². The van der Waals surface area contributed by atoms with Gasteiger partial charge in [-0.3, -0.25) is 34.2 Å². The fourth-order valence-corrected chi connectivity index (χ4v) is 4.36. The summed E-state index contributed by atoms with van der Waals surface area (Å²) in [6.07, 6.45) is 1.55. The zero-order valence-electron chi connectivity index (χ0n) is 19.6. The second-order valence-electron chi connectivity index (χ2n) is 8.59. The van der Waals surface area contributed by atoms with Gasteiger partial charge < -0.3 is 16.4 Å². The highest BCUT2D eigenvalue weighted by molar-refractivity contribution is 6.26. The number of nitrogens with zero attached hydrogens (tertiary/aromatic N) is 4. The molecule has 0 bridgehead atoms. The average Bonchev–Trinajstić information content (AvgIpc) is 3.42. The molecule has 0 aliphatic carbocycles. The van der Waals surface area contributed by atoms with Gasteiger partial charge >= 0.3 is 6.03 Å². The van der Waals surface area contributed by atoms with Crippen molar-refractivity contribution in [3.05, 3.63) is 59.8 Å². The van der Waals surface area contributed by atoms with Crippen LogP contribution in [0.2, 0.25) is 0 Å². The minimum Gasteiger partial charge on any atom is -0.351 e. The van der Waals surface area contributed by atoms with Gasteiger partial charge in [0.05, 0.1) is 23.0 Å². The lowest BCUT2D eigenvalue weighted by molar-refractivity contribution is -0.136. The number of carbonyl (C=O) groups is 6. The van der Waals surface area contributed by atoms with Crippen LogP contribution in [0.5, 0.6) is 0 Å². The molecule has 3 aromatic rings. The van der Waals surface area contributed by atoms with E-state index < -0.39 is 41.6 Å². The number of piperidine rings is 1. The van der Waals surface area contributed by atoms with E-state index in [2.05, 4.69) is 26.3 Å². The van der Waals surface area contributed by atoms with E-state index in [1.807, 2.05) is 0 Å². The number of fused-ring (bicyclic) bond motifs is 1. The van der Waals surface area contributed by atoms with Crippen LogP contribution in [-0.2, 0) is 20.9 Å². The largest absolute Gasteiger partial charge is 0.351 e. The van der Waals surface area contributed by atoms with Crippen molar-refractivity contribution in [3.63, 3.8) is 0 Å². The molecule has 2 aromatic carbocycles. The van der Waals surface area contributed by atoms with Crippen molar-refractivity contribution in [2.24, 2.45) is 5.73 Å². The number of primary amides is 1. The van der Waals surface area contributed by atoms with Crippen LogP contribution >= 0.6 is 0 Å².